The Morgan fingerprint density at radius 3 is 2.25 bits per heavy atom. The Hall–Kier alpha value is -4.46. The Morgan fingerprint density at radius 2 is 1.59 bits per heavy atom. The van der Waals surface area contributed by atoms with E-state index in [9.17, 15) is 24.3 Å². The zero-order valence-corrected chi connectivity index (χ0v) is 17.2. The van der Waals surface area contributed by atoms with Crippen LogP contribution in [0.4, 0.5) is 11.4 Å². The van der Waals surface area contributed by atoms with Crippen LogP contribution < -0.4 is 15.0 Å². The van der Waals surface area contributed by atoms with Gasteiger partial charge in [-0.15, -0.1) is 0 Å². The molecule has 1 aliphatic heterocycles. The second-order valence-corrected chi connectivity index (χ2v) is 7.22. The summed E-state index contributed by atoms with van der Waals surface area (Å²) in [6, 6.07) is 15.3. The summed E-state index contributed by atoms with van der Waals surface area (Å²) in [5.74, 6) is -2.67. The summed E-state index contributed by atoms with van der Waals surface area (Å²) in [5, 5.41) is 11.9. The van der Waals surface area contributed by atoms with Gasteiger partial charge in [-0.3, -0.25) is 14.4 Å². The number of aryl methyl sites for hydroxylation is 1. The average Bonchev–Trinajstić information content (AvgIpc) is 3.04. The number of nitrogens with zero attached hydrogens (tertiary/aromatic N) is 1. The number of methoxy groups -OCH3 is 1. The number of hydrogen-bond donors (Lipinski definition) is 2. The van der Waals surface area contributed by atoms with Gasteiger partial charge in [0.1, 0.15) is 5.75 Å². The topological polar surface area (TPSA) is 113 Å². The van der Waals surface area contributed by atoms with Crippen molar-refractivity contribution in [1.82, 2.24) is 0 Å². The van der Waals surface area contributed by atoms with Crippen LogP contribution >= 0.6 is 0 Å². The monoisotopic (exact) mass is 430 g/mol. The molecular weight excluding hydrogens is 412 g/mol. The molecule has 1 heterocycles. The van der Waals surface area contributed by atoms with Gasteiger partial charge in [0, 0.05) is 5.69 Å². The van der Waals surface area contributed by atoms with Gasteiger partial charge in [-0.25, -0.2) is 9.69 Å². The van der Waals surface area contributed by atoms with E-state index in [2.05, 4.69) is 5.32 Å². The van der Waals surface area contributed by atoms with E-state index in [-0.39, 0.29) is 33.7 Å². The lowest BCUT2D eigenvalue weighted by Gasteiger charge is -2.17. The fourth-order valence-corrected chi connectivity index (χ4v) is 3.46. The fourth-order valence-electron chi connectivity index (χ4n) is 3.46. The molecule has 0 bridgehead atoms. The van der Waals surface area contributed by atoms with E-state index in [1.165, 1.54) is 43.5 Å². The molecule has 32 heavy (non-hydrogen) atoms. The van der Waals surface area contributed by atoms with Crippen LogP contribution in [0.5, 0.6) is 5.75 Å². The number of hydrogen-bond acceptors (Lipinski definition) is 5. The Morgan fingerprint density at radius 1 is 0.906 bits per heavy atom. The number of aromatic carboxylic acids is 1. The molecule has 3 aromatic rings. The molecule has 0 radical (unpaired) electrons. The van der Waals surface area contributed by atoms with E-state index in [1.807, 2.05) is 19.1 Å². The smallest absolute Gasteiger partial charge is 0.335 e. The van der Waals surface area contributed by atoms with Gasteiger partial charge in [0.25, 0.3) is 17.7 Å². The van der Waals surface area contributed by atoms with Gasteiger partial charge >= 0.3 is 5.97 Å². The molecule has 4 rings (SSSR count). The first kappa shape index (κ1) is 20.8. The molecule has 1 aliphatic rings. The number of amides is 3. The zero-order chi connectivity index (χ0) is 23.0. The molecular formula is C24H18N2O6. The fraction of sp³-hybridized carbons (Fsp3) is 0.0833. The lowest BCUT2D eigenvalue weighted by atomic mass is 10.1. The van der Waals surface area contributed by atoms with Gasteiger partial charge < -0.3 is 15.2 Å². The molecule has 0 unspecified atom stereocenters. The highest BCUT2D eigenvalue weighted by molar-refractivity contribution is 6.34. The SMILES string of the molecule is COc1ccc(N2C(=O)c3ccc(C(=O)O)cc3C2=O)cc1C(=O)Nc1ccc(C)cc1. The third-order valence-corrected chi connectivity index (χ3v) is 5.13. The van der Waals surface area contributed by atoms with Gasteiger partial charge in [-0.1, -0.05) is 17.7 Å². The number of imide groups is 1. The lowest BCUT2D eigenvalue weighted by molar-refractivity contribution is 0.0696. The molecule has 0 aliphatic carbocycles. The molecule has 0 aromatic heterocycles. The van der Waals surface area contributed by atoms with Crippen LogP contribution in [0.1, 0.15) is 47.0 Å². The maximum atomic E-state index is 12.9. The standard InChI is InChI=1S/C24H18N2O6/c1-13-3-6-15(7-4-13)25-21(27)19-12-16(8-10-20(19)32-2)26-22(28)17-9-5-14(24(30)31)11-18(17)23(26)29/h3-12H,1-2H3,(H,25,27)(H,30,31). The minimum Gasteiger partial charge on any atom is -0.496 e. The van der Waals surface area contributed by atoms with Crippen LogP contribution in [0, 0.1) is 6.92 Å². The predicted octanol–water partition coefficient (Wildman–Crippen LogP) is 3.75. The number of carboxylic acids is 1. The second kappa shape index (κ2) is 7.99. The summed E-state index contributed by atoms with van der Waals surface area (Å²) in [6.45, 7) is 1.93. The van der Waals surface area contributed by atoms with Crippen molar-refractivity contribution in [2.24, 2.45) is 0 Å². The summed E-state index contributed by atoms with van der Waals surface area (Å²) in [5.41, 5.74) is 1.92. The third-order valence-electron chi connectivity index (χ3n) is 5.13. The molecule has 8 heteroatoms. The molecule has 0 spiro atoms. The van der Waals surface area contributed by atoms with Crippen molar-refractivity contribution >= 4 is 35.1 Å². The number of carboxylic acid groups (broad SMARTS) is 1. The first-order chi connectivity index (χ1) is 15.3. The average molecular weight is 430 g/mol. The first-order valence-electron chi connectivity index (χ1n) is 9.62. The van der Waals surface area contributed by atoms with Crippen molar-refractivity contribution in [1.29, 1.82) is 0 Å². The highest BCUT2D eigenvalue weighted by Crippen LogP contribution is 2.32. The van der Waals surface area contributed by atoms with Gasteiger partial charge in [0.05, 0.1) is 35.1 Å². The van der Waals surface area contributed by atoms with Crippen molar-refractivity contribution in [2.75, 3.05) is 17.3 Å². The summed E-state index contributed by atoms with van der Waals surface area (Å²) in [7, 11) is 1.41. The van der Waals surface area contributed by atoms with E-state index >= 15 is 0 Å². The van der Waals surface area contributed by atoms with Gasteiger partial charge in [-0.2, -0.15) is 0 Å². The summed E-state index contributed by atoms with van der Waals surface area (Å²) < 4.78 is 5.28. The molecule has 0 atom stereocenters. The summed E-state index contributed by atoms with van der Waals surface area (Å²) in [4.78, 5) is 50.8. The highest BCUT2D eigenvalue weighted by atomic mass is 16.5. The van der Waals surface area contributed by atoms with E-state index in [4.69, 9.17) is 4.74 Å². The first-order valence-corrected chi connectivity index (χ1v) is 9.62. The number of carbonyl (C=O) groups is 4. The van der Waals surface area contributed by atoms with Crippen molar-refractivity contribution < 1.29 is 29.0 Å². The molecule has 0 saturated carbocycles. The maximum Gasteiger partial charge on any atom is 0.335 e. The molecule has 160 valence electrons. The Balaban J connectivity index is 1.69. The number of fused-ring (bicyclic) bond motifs is 1. The molecule has 3 amide bonds. The lowest BCUT2D eigenvalue weighted by Crippen LogP contribution is -2.29. The molecule has 2 N–H and O–H groups in total. The highest BCUT2D eigenvalue weighted by Gasteiger charge is 2.37. The van der Waals surface area contributed by atoms with E-state index in [1.54, 1.807) is 12.1 Å². The number of nitrogens with one attached hydrogen (secondary N) is 1. The van der Waals surface area contributed by atoms with Crippen LogP contribution in [0.15, 0.2) is 60.7 Å². The normalized spacial score (nSPS) is 12.5. The molecule has 0 saturated heterocycles. The molecule has 0 fully saturated rings. The molecule has 3 aromatic carbocycles. The number of rotatable bonds is 5. The van der Waals surface area contributed by atoms with Gasteiger partial charge in [0.2, 0.25) is 0 Å². The van der Waals surface area contributed by atoms with E-state index in [0.29, 0.717) is 5.69 Å². The quantitative estimate of drug-likeness (QED) is 0.596. The zero-order valence-electron chi connectivity index (χ0n) is 17.2. The van der Waals surface area contributed by atoms with Gasteiger partial charge in [0.15, 0.2) is 0 Å². The van der Waals surface area contributed by atoms with Crippen LogP contribution in [0.2, 0.25) is 0 Å². The number of benzene rings is 3. The minimum atomic E-state index is -1.20. The van der Waals surface area contributed by atoms with Crippen LogP contribution in [-0.2, 0) is 0 Å². The van der Waals surface area contributed by atoms with Crippen molar-refractivity contribution in [3.05, 3.63) is 88.5 Å². The molecule has 8 nitrogen and oxygen atoms in total. The Labute approximate surface area is 183 Å². The minimum absolute atomic E-state index is 0.00336. The predicted molar refractivity (Wildman–Crippen MR) is 117 cm³/mol. The Bertz CT molecular complexity index is 1280. The van der Waals surface area contributed by atoms with Crippen molar-refractivity contribution in [3.63, 3.8) is 0 Å². The van der Waals surface area contributed by atoms with E-state index in [0.717, 1.165) is 10.5 Å². The maximum absolute atomic E-state index is 12.9. The van der Waals surface area contributed by atoms with Crippen LogP contribution in [0.3, 0.4) is 0 Å². The van der Waals surface area contributed by atoms with Crippen molar-refractivity contribution in [2.45, 2.75) is 6.92 Å². The largest absolute Gasteiger partial charge is 0.496 e. The number of anilines is 2. The van der Waals surface area contributed by atoms with Crippen LogP contribution in [0.25, 0.3) is 0 Å². The second-order valence-electron chi connectivity index (χ2n) is 7.22. The number of ether oxygens (including phenoxy) is 1. The van der Waals surface area contributed by atoms with Crippen molar-refractivity contribution in [3.8, 4) is 5.75 Å². The third kappa shape index (κ3) is 3.58. The summed E-state index contributed by atoms with van der Waals surface area (Å²) >= 11 is 0. The number of carbonyl (C=O) groups excluding carboxylic acids is 3. The van der Waals surface area contributed by atoms with E-state index < -0.39 is 23.7 Å². The van der Waals surface area contributed by atoms with Gasteiger partial charge in [-0.05, 0) is 55.5 Å². The Kier molecular flexibility index (Phi) is 5.19. The summed E-state index contributed by atoms with van der Waals surface area (Å²) in [6.07, 6.45) is 0. The van der Waals surface area contributed by atoms with Crippen LogP contribution in [-0.4, -0.2) is 35.9 Å².